The maximum Gasteiger partial charge on any atom is 0.123 e. The van der Waals surface area contributed by atoms with Crippen molar-refractivity contribution in [3.8, 4) is 0 Å². The van der Waals surface area contributed by atoms with Crippen molar-refractivity contribution in [2.45, 2.75) is 19.9 Å². The van der Waals surface area contributed by atoms with Crippen LogP contribution < -0.4 is 5.32 Å². The smallest absolute Gasteiger partial charge is 0.123 e. The fourth-order valence-corrected chi connectivity index (χ4v) is 1.01. The van der Waals surface area contributed by atoms with Gasteiger partial charge in [-0.2, -0.15) is 0 Å². The van der Waals surface area contributed by atoms with Gasteiger partial charge >= 0.3 is 0 Å². The summed E-state index contributed by atoms with van der Waals surface area (Å²) in [6.45, 7) is 3.96. The topological polar surface area (TPSA) is 12.0 Å². The summed E-state index contributed by atoms with van der Waals surface area (Å²) in [5, 5.41) is 3.25. The summed E-state index contributed by atoms with van der Waals surface area (Å²) in [4.78, 5) is 0. The third-order valence-corrected chi connectivity index (χ3v) is 1.67. The lowest BCUT2D eigenvalue weighted by molar-refractivity contribution is 0.624. The molecule has 1 aromatic carbocycles. The van der Waals surface area contributed by atoms with Crippen LogP contribution in [0.15, 0.2) is 24.3 Å². The summed E-state index contributed by atoms with van der Waals surface area (Å²) in [6, 6.07) is 6.59. The molecule has 0 spiro atoms. The molecule has 0 heterocycles. The van der Waals surface area contributed by atoms with Gasteiger partial charge in [0.25, 0.3) is 0 Å². The van der Waals surface area contributed by atoms with Gasteiger partial charge in [-0.3, -0.25) is 0 Å². The van der Waals surface area contributed by atoms with Crippen molar-refractivity contribution in [2.75, 3.05) is 6.54 Å². The standard InChI is InChI=1S/C10H14FN.ClH/c1-2-7-12-8-9-3-5-10(11)6-4-9;/h3-6,12H,2,7-8H2,1H3;1H. The fourth-order valence-electron chi connectivity index (χ4n) is 1.01. The van der Waals surface area contributed by atoms with E-state index in [4.69, 9.17) is 0 Å². The van der Waals surface area contributed by atoms with E-state index in [0.717, 1.165) is 25.1 Å². The predicted molar refractivity (Wildman–Crippen MR) is 55.6 cm³/mol. The van der Waals surface area contributed by atoms with E-state index in [2.05, 4.69) is 12.2 Å². The first-order valence-electron chi connectivity index (χ1n) is 4.28. The monoisotopic (exact) mass is 203 g/mol. The number of benzene rings is 1. The first-order chi connectivity index (χ1) is 5.83. The van der Waals surface area contributed by atoms with Gasteiger partial charge < -0.3 is 5.32 Å². The van der Waals surface area contributed by atoms with Crippen LogP contribution in [0.5, 0.6) is 0 Å². The van der Waals surface area contributed by atoms with Crippen LogP contribution >= 0.6 is 12.4 Å². The minimum absolute atomic E-state index is 0. The van der Waals surface area contributed by atoms with Crippen molar-refractivity contribution in [1.82, 2.24) is 5.32 Å². The summed E-state index contributed by atoms with van der Waals surface area (Å²) in [7, 11) is 0. The van der Waals surface area contributed by atoms with Crippen molar-refractivity contribution in [1.29, 1.82) is 0 Å². The Balaban J connectivity index is 0.00000144. The quantitative estimate of drug-likeness (QED) is 0.743. The Kier molecular flexibility index (Phi) is 6.55. The second kappa shape index (κ2) is 6.87. The van der Waals surface area contributed by atoms with E-state index in [9.17, 15) is 4.39 Å². The SMILES string of the molecule is CCCNCc1ccc(F)cc1.Cl. The first kappa shape index (κ1) is 12.4. The van der Waals surface area contributed by atoms with Crippen LogP contribution in [0.4, 0.5) is 4.39 Å². The molecule has 1 N–H and O–H groups in total. The van der Waals surface area contributed by atoms with Gasteiger partial charge in [-0.25, -0.2) is 4.39 Å². The molecule has 3 heteroatoms. The molecular weight excluding hydrogens is 189 g/mol. The molecule has 0 aliphatic rings. The average molecular weight is 204 g/mol. The molecule has 0 bridgehead atoms. The lowest BCUT2D eigenvalue weighted by atomic mass is 10.2. The van der Waals surface area contributed by atoms with Gasteiger partial charge in [-0.15, -0.1) is 12.4 Å². The summed E-state index contributed by atoms with van der Waals surface area (Å²) in [6.07, 6.45) is 1.13. The van der Waals surface area contributed by atoms with Crippen molar-refractivity contribution in [3.05, 3.63) is 35.6 Å². The Labute approximate surface area is 84.8 Å². The van der Waals surface area contributed by atoms with Crippen LogP contribution in [0, 0.1) is 5.82 Å². The summed E-state index contributed by atoms with van der Waals surface area (Å²) >= 11 is 0. The van der Waals surface area contributed by atoms with E-state index in [1.807, 2.05) is 0 Å². The Morgan fingerprint density at radius 3 is 2.38 bits per heavy atom. The summed E-state index contributed by atoms with van der Waals surface area (Å²) < 4.78 is 12.5. The van der Waals surface area contributed by atoms with Gasteiger partial charge in [0.2, 0.25) is 0 Å². The third kappa shape index (κ3) is 4.86. The zero-order chi connectivity index (χ0) is 8.81. The van der Waals surface area contributed by atoms with E-state index in [0.29, 0.717) is 0 Å². The van der Waals surface area contributed by atoms with Gasteiger partial charge in [-0.1, -0.05) is 19.1 Å². The average Bonchev–Trinajstić information content (AvgIpc) is 2.09. The van der Waals surface area contributed by atoms with Gasteiger partial charge in [0.1, 0.15) is 5.82 Å². The highest BCUT2D eigenvalue weighted by Gasteiger charge is 1.91. The van der Waals surface area contributed by atoms with Gasteiger partial charge in [0, 0.05) is 6.54 Å². The Bertz CT molecular complexity index is 223. The zero-order valence-corrected chi connectivity index (χ0v) is 8.53. The Morgan fingerprint density at radius 2 is 1.85 bits per heavy atom. The maximum atomic E-state index is 12.5. The van der Waals surface area contributed by atoms with E-state index in [-0.39, 0.29) is 18.2 Å². The van der Waals surface area contributed by atoms with Crippen LogP contribution in [-0.2, 0) is 6.54 Å². The second-order valence-electron chi connectivity index (χ2n) is 2.80. The minimum Gasteiger partial charge on any atom is -0.313 e. The van der Waals surface area contributed by atoms with Crippen LogP contribution in [0.1, 0.15) is 18.9 Å². The van der Waals surface area contributed by atoms with E-state index in [1.54, 1.807) is 12.1 Å². The normalized spacial score (nSPS) is 9.38. The third-order valence-electron chi connectivity index (χ3n) is 1.67. The molecule has 0 fully saturated rings. The van der Waals surface area contributed by atoms with Crippen LogP contribution in [0.25, 0.3) is 0 Å². The van der Waals surface area contributed by atoms with Crippen molar-refractivity contribution in [2.24, 2.45) is 0 Å². The molecule has 0 saturated carbocycles. The molecule has 0 saturated heterocycles. The summed E-state index contributed by atoms with van der Waals surface area (Å²) in [5.41, 5.74) is 1.13. The molecule has 0 aromatic heterocycles. The molecule has 0 atom stereocenters. The van der Waals surface area contributed by atoms with Crippen molar-refractivity contribution < 1.29 is 4.39 Å². The lowest BCUT2D eigenvalue weighted by Crippen LogP contribution is -2.13. The molecule has 1 aromatic rings. The predicted octanol–water partition coefficient (Wildman–Crippen LogP) is 2.75. The molecule has 1 nitrogen and oxygen atoms in total. The molecular formula is C10H15ClFN. The van der Waals surface area contributed by atoms with Crippen LogP contribution in [0.2, 0.25) is 0 Å². The minimum atomic E-state index is -0.172. The van der Waals surface area contributed by atoms with E-state index < -0.39 is 0 Å². The highest BCUT2D eigenvalue weighted by molar-refractivity contribution is 5.85. The van der Waals surface area contributed by atoms with E-state index in [1.165, 1.54) is 12.1 Å². The number of hydrogen-bond acceptors (Lipinski definition) is 1. The van der Waals surface area contributed by atoms with Gasteiger partial charge in [0.15, 0.2) is 0 Å². The fraction of sp³-hybridized carbons (Fsp3) is 0.400. The summed E-state index contributed by atoms with van der Waals surface area (Å²) in [5.74, 6) is -0.172. The maximum absolute atomic E-state index is 12.5. The number of rotatable bonds is 4. The second-order valence-corrected chi connectivity index (χ2v) is 2.80. The van der Waals surface area contributed by atoms with Gasteiger partial charge in [0.05, 0.1) is 0 Å². The molecule has 1 rings (SSSR count). The molecule has 0 radical (unpaired) electrons. The zero-order valence-electron chi connectivity index (χ0n) is 7.72. The van der Waals surface area contributed by atoms with Crippen LogP contribution in [-0.4, -0.2) is 6.54 Å². The molecule has 0 aliphatic heterocycles. The highest BCUT2D eigenvalue weighted by atomic mass is 35.5. The molecule has 0 aliphatic carbocycles. The largest absolute Gasteiger partial charge is 0.313 e. The lowest BCUT2D eigenvalue weighted by Gasteiger charge is -2.02. The molecule has 0 amide bonds. The first-order valence-corrected chi connectivity index (χ1v) is 4.28. The Hall–Kier alpha value is -0.600. The number of hydrogen-bond donors (Lipinski definition) is 1. The van der Waals surface area contributed by atoms with Crippen molar-refractivity contribution in [3.63, 3.8) is 0 Å². The number of nitrogens with one attached hydrogen (secondary N) is 1. The van der Waals surface area contributed by atoms with Gasteiger partial charge in [-0.05, 0) is 30.7 Å². The Morgan fingerprint density at radius 1 is 1.23 bits per heavy atom. The van der Waals surface area contributed by atoms with Crippen LogP contribution in [0.3, 0.4) is 0 Å². The molecule has 74 valence electrons. The molecule has 0 unspecified atom stereocenters. The molecule has 13 heavy (non-hydrogen) atoms. The van der Waals surface area contributed by atoms with E-state index >= 15 is 0 Å². The van der Waals surface area contributed by atoms with Crippen molar-refractivity contribution >= 4 is 12.4 Å². The number of halogens is 2. The highest BCUT2D eigenvalue weighted by Crippen LogP contribution is 2.01.